The van der Waals surface area contributed by atoms with E-state index in [-0.39, 0.29) is 21.6 Å². The van der Waals surface area contributed by atoms with Crippen LogP contribution in [-0.4, -0.2) is 31.2 Å². The molecule has 3 rings (SSSR count). The lowest BCUT2D eigenvalue weighted by Crippen LogP contribution is -2.50. The van der Waals surface area contributed by atoms with Crippen LogP contribution >= 0.6 is 16.1 Å². The Kier molecular flexibility index (Phi) is 9.08. The Balaban J connectivity index is 2.08. The van der Waals surface area contributed by atoms with Gasteiger partial charge in [0.15, 0.2) is 5.82 Å². The van der Waals surface area contributed by atoms with Crippen molar-refractivity contribution in [3.63, 3.8) is 0 Å². The van der Waals surface area contributed by atoms with E-state index in [9.17, 15) is 57.9 Å². The molecule has 3 aromatic carbocycles. The minimum absolute atomic E-state index is 0.0678. The van der Waals surface area contributed by atoms with E-state index >= 15 is 4.39 Å². The van der Waals surface area contributed by atoms with E-state index in [1.807, 2.05) is 0 Å². The zero-order valence-corrected chi connectivity index (χ0v) is 22.9. The van der Waals surface area contributed by atoms with Crippen molar-refractivity contribution < 1.29 is 62.3 Å². The van der Waals surface area contributed by atoms with Crippen LogP contribution in [-0.2, 0) is 11.8 Å². The number of hydrogen-bond donors (Lipinski definition) is 0. The predicted molar refractivity (Wildman–Crippen MR) is 132 cm³/mol. The Morgan fingerprint density at radius 2 is 1.36 bits per heavy atom. The van der Waals surface area contributed by atoms with E-state index < -0.39 is 87.3 Å². The molecule has 0 fully saturated rings. The molecule has 0 aromatic heterocycles. The number of benzene rings is 3. The average molecular weight is 706 g/mol. The SMILES string of the molecule is CN(C(=O)c1ccc(C#N)cc1F)c1cccc(C(=O)N(Br)c2ccc(C(F)(C(F)(F)F)C(F)(F)F)cc2C(F)(F)F)c1F. The van der Waals surface area contributed by atoms with Crippen molar-refractivity contribution in [2.24, 2.45) is 0 Å². The molecule has 18 heteroatoms. The summed E-state index contributed by atoms with van der Waals surface area (Å²) in [7, 11) is 0.934. The van der Waals surface area contributed by atoms with Gasteiger partial charge in [-0.05, 0) is 42.5 Å². The molecule has 44 heavy (non-hydrogen) atoms. The highest BCUT2D eigenvalue weighted by molar-refractivity contribution is 9.10. The second kappa shape index (κ2) is 11.7. The fraction of sp³-hybridized carbons (Fsp3) is 0.192. The van der Waals surface area contributed by atoms with Crippen LogP contribution in [0.4, 0.5) is 64.1 Å². The number of amides is 2. The van der Waals surface area contributed by atoms with Gasteiger partial charge in [0, 0.05) is 12.6 Å². The van der Waals surface area contributed by atoms with E-state index in [0.29, 0.717) is 17.0 Å². The van der Waals surface area contributed by atoms with Gasteiger partial charge in [0.25, 0.3) is 11.8 Å². The third-order valence-corrected chi connectivity index (χ3v) is 6.78. The van der Waals surface area contributed by atoms with E-state index in [1.165, 1.54) is 0 Å². The van der Waals surface area contributed by atoms with Crippen LogP contribution in [0.3, 0.4) is 0 Å². The van der Waals surface area contributed by atoms with Crippen molar-refractivity contribution in [3.8, 4) is 6.07 Å². The van der Waals surface area contributed by atoms with Gasteiger partial charge in [0.05, 0.1) is 55.8 Å². The molecule has 0 saturated carbocycles. The molecule has 5 nitrogen and oxygen atoms in total. The number of nitriles is 1. The Morgan fingerprint density at radius 1 is 0.773 bits per heavy atom. The number of nitrogens with zero attached hydrogens (tertiary/aromatic N) is 3. The molecule has 0 heterocycles. The molecule has 0 unspecified atom stereocenters. The van der Waals surface area contributed by atoms with E-state index in [4.69, 9.17) is 5.26 Å². The third kappa shape index (κ3) is 6.05. The van der Waals surface area contributed by atoms with Gasteiger partial charge in [-0.15, -0.1) is 0 Å². The fourth-order valence-electron chi connectivity index (χ4n) is 3.84. The minimum Gasteiger partial charge on any atom is -0.309 e. The Bertz CT molecular complexity index is 1650. The molecule has 0 aliphatic rings. The monoisotopic (exact) mass is 705 g/mol. The first kappa shape index (κ1) is 34.2. The summed E-state index contributed by atoms with van der Waals surface area (Å²) >= 11 is 2.39. The Hall–Kier alpha value is -4.27. The van der Waals surface area contributed by atoms with Crippen molar-refractivity contribution in [1.29, 1.82) is 5.26 Å². The number of anilines is 2. The Labute approximate surface area is 247 Å². The van der Waals surface area contributed by atoms with Crippen molar-refractivity contribution in [2.45, 2.75) is 24.2 Å². The van der Waals surface area contributed by atoms with Gasteiger partial charge in [-0.3, -0.25) is 9.59 Å². The van der Waals surface area contributed by atoms with Crippen LogP contribution in [0.2, 0.25) is 0 Å². The summed E-state index contributed by atoms with van der Waals surface area (Å²) in [5.41, 5.74) is -15.1. The second-order valence-electron chi connectivity index (χ2n) is 8.78. The standard InChI is InChI=1S/C26H12BrF12N3O2/c1-41(21(43)14-7-5-12(11-40)9-17(14)28)19-4-2-3-15(20(19)29)22(44)42(27)18-8-6-13(10-16(18)24(31,32)33)23(30,25(34,35)36)26(37,38)39/h2-10H,1H3. The van der Waals surface area contributed by atoms with Crippen molar-refractivity contribution in [2.75, 3.05) is 15.9 Å². The fourth-order valence-corrected chi connectivity index (χ4v) is 4.34. The predicted octanol–water partition coefficient (Wildman–Crippen LogP) is 8.38. The third-order valence-electron chi connectivity index (χ3n) is 6.07. The van der Waals surface area contributed by atoms with Gasteiger partial charge < -0.3 is 4.90 Å². The van der Waals surface area contributed by atoms with E-state index in [2.05, 4.69) is 16.1 Å². The first-order valence-corrected chi connectivity index (χ1v) is 12.1. The average Bonchev–Trinajstić information content (AvgIpc) is 2.93. The quantitative estimate of drug-likeness (QED) is 0.198. The number of rotatable bonds is 5. The number of halogens is 13. The normalized spacial score (nSPS) is 12.5. The van der Waals surface area contributed by atoms with Crippen LogP contribution < -0.4 is 8.83 Å². The zero-order valence-electron chi connectivity index (χ0n) is 21.3. The number of alkyl halides is 10. The van der Waals surface area contributed by atoms with Gasteiger partial charge in [0.2, 0.25) is 0 Å². The molecular formula is C26H12BrF12N3O2. The lowest BCUT2D eigenvalue weighted by atomic mass is 9.92. The summed E-state index contributed by atoms with van der Waals surface area (Å²) in [6, 6.07) is 5.74. The van der Waals surface area contributed by atoms with Gasteiger partial charge in [-0.2, -0.15) is 44.8 Å². The maximum Gasteiger partial charge on any atom is 0.435 e. The minimum atomic E-state index is -6.74. The topological polar surface area (TPSA) is 64.4 Å². The van der Waals surface area contributed by atoms with E-state index in [1.54, 1.807) is 6.07 Å². The van der Waals surface area contributed by atoms with Crippen LogP contribution in [0.25, 0.3) is 0 Å². The molecule has 0 atom stereocenters. The van der Waals surface area contributed by atoms with Gasteiger partial charge in [-0.1, -0.05) is 12.1 Å². The number of carbonyl (C=O) groups excluding carboxylic acids is 2. The molecule has 0 aliphatic heterocycles. The highest BCUT2D eigenvalue weighted by Gasteiger charge is 2.73. The second-order valence-corrected chi connectivity index (χ2v) is 9.49. The lowest BCUT2D eigenvalue weighted by Gasteiger charge is -2.31. The molecule has 0 spiro atoms. The summed E-state index contributed by atoms with van der Waals surface area (Å²) in [6.45, 7) is 0. The van der Waals surface area contributed by atoms with Crippen LogP contribution in [0.1, 0.15) is 37.4 Å². The van der Waals surface area contributed by atoms with Gasteiger partial charge >= 0.3 is 24.2 Å². The zero-order chi connectivity index (χ0) is 33.6. The summed E-state index contributed by atoms with van der Waals surface area (Å²) in [4.78, 5) is 26.3. The highest BCUT2D eigenvalue weighted by Crippen LogP contribution is 2.54. The summed E-state index contributed by atoms with van der Waals surface area (Å²) in [5.74, 6) is -5.62. The molecule has 0 N–H and O–H groups in total. The molecule has 2 amide bonds. The number of hydrogen-bond acceptors (Lipinski definition) is 3. The molecule has 0 saturated heterocycles. The maximum atomic E-state index is 15.4. The molecule has 0 aliphatic carbocycles. The summed E-state index contributed by atoms with van der Waals surface area (Å²) < 4.78 is 164. The Morgan fingerprint density at radius 3 is 1.86 bits per heavy atom. The van der Waals surface area contributed by atoms with Crippen LogP contribution in [0.15, 0.2) is 54.6 Å². The van der Waals surface area contributed by atoms with Crippen molar-refractivity contribution in [3.05, 3.63) is 94.0 Å². The van der Waals surface area contributed by atoms with Gasteiger partial charge in [0.1, 0.15) is 5.82 Å². The first-order chi connectivity index (χ1) is 20.1. The van der Waals surface area contributed by atoms with Crippen LogP contribution in [0, 0.1) is 23.0 Å². The molecule has 234 valence electrons. The largest absolute Gasteiger partial charge is 0.435 e. The highest BCUT2D eigenvalue weighted by atomic mass is 79.9. The molecular weight excluding hydrogens is 694 g/mol. The molecule has 0 radical (unpaired) electrons. The smallest absolute Gasteiger partial charge is 0.309 e. The summed E-state index contributed by atoms with van der Waals surface area (Å²) in [5, 5.41) is 8.83. The lowest BCUT2D eigenvalue weighted by molar-refractivity contribution is -0.348. The van der Waals surface area contributed by atoms with E-state index in [0.717, 1.165) is 31.3 Å². The summed E-state index contributed by atoms with van der Waals surface area (Å²) in [6.07, 6.45) is -19.3. The van der Waals surface area contributed by atoms with Crippen molar-refractivity contribution in [1.82, 2.24) is 0 Å². The van der Waals surface area contributed by atoms with Crippen molar-refractivity contribution >= 4 is 39.3 Å². The van der Waals surface area contributed by atoms with Crippen LogP contribution in [0.5, 0.6) is 0 Å². The molecule has 0 bridgehead atoms. The first-order valence-electron chi connectivity index (χ1n) is 11.4. The maximum absolute atomic E-state index is 15.4. The molecule has 3 aromatic rings. The number of carbonyl (C=O) groups is 2. The van der Waals surface area contributed by atoms with Gasteiger partial charge in [-0.25, -0.2) is 17.1 Å².